The molecule has 2 aromatic heterocycles. The molecule has 0 saturated heterocycles. The number of aryl methyl sites for hydroxylation is 4. The molecule has 2 heterocycles. The first-order chi connectivity index (χ1) is 8.56. The van der Waals surface area contributed by atoms with E-state index in [1.165, 1.54) is 11.4 Å². The number of aromatic nitrogens is 4. The largest absolute Gasteiger partial charge is 0.267 e. The van der Waals surface area contributed by atoms with E-state index in [0.29, 0.717) is 0 Å². The second-order valence-electron chi connectivity index (χ2n) is 4.46. The van der Waals surface area contributed by atoms with E-state index in [9.17, 15) is 0 Å². The molecule has 0 amide bonds. The number of rotatable bonds is 4. The van der Waals surface area contributed by atoms with Gasteiger partial charge in [0.25, 0.3) is 0 Å². The molecule has 0 radical (unpaired) electrons. The number of hydrogen-bond acceptors (Lipinski definition) is 2. The van der Waals surface area contributed by atoms with Gasteiger partial charge in [-0.1, -0.05) is 6.92 Å². The Morgan fingerprint density at radius 2 is 1.89 bits per heavy atom. The van der Waals surface area contributed by atoms with Gasteiger partial charge in [-0.15, -0.1) is 0 Å². The standard InChI is InChI=1S/C13H19BrN4/c1-5-11-13(14)12(17(6-2)16-11)8-18-10(4)7-9(3)15-18/h7H,5-6,8H2,1-4H3. The Morgan fingerprint density at radius 3 is 2.39 bits per heavy atom. The summed E-state index contributed by atoms with van der Waals surface area (Å²) in [6.45, 7) is 9.99. The van der Waals surface area contributed by atoms with E-state index < -0.39 is 0 Å². The molecule has 0 aliphatic heterocycles. The van der Waals surface area contributed by atoms with Crippen LogP contribution in [0.15, 0.2) is 10.5 Å². The van der Waals surface area contributed by atoms with Crippen molar-refractivity contribution in [2.75, 3.05) is 0 Å². The summed E-state index contributed by atoms with van der Waals surface area (Å²) < 4.78 is 5.21. The smallest absolute Gasteiger partial charge is 0.0842 e. The molecule has 0 atom stereocenters. The molecule has 2 rings (SSSR count). The lowest BCUT2D eigenvalue weighted by Crippen LogP contribution is -2.10. The molecule has 98 valence electrons. The molecule has 4 nitrogen and oxygen atoms in total. The highest BCUT2D eigenvalue weighted by Crippen LogP contribution is 2.23. The van der Waals surface area contributed by atoms with Crippen molar-refractivity contribution in [1.82, 2.24) is 19.6 Å². The normalized spacial score (nSPS) is 11.2. The Bertz CT molecular complexity index is 554. The maximum absolute atomic E-state index is 4.61. The molecule has 0 saturated carbocycles. The SMILES string of the molecule is CCc1nn(CC)c(Cn2nc(C)cc2C)c1Br. The lowest BCUT2D eigenvalue weighted by atomic mass is 10.3. The van der Waals surface area contributed by atoms with Crippen molar-refractivity contribution in [2.24, 2.45) is 0 Å². The van der Waals surface area contributed by atoms with Crippen LogP contribution in [-0.4, -0.2) is 19.6 Å². The van der Waals surface area contributed by atoms with Crippen LogP contribution in [-0.2, 0) is 19.5 Å². The summed E-state index contributed by atoms with van der Waals surface area (Å²) in [5.41, 5.74) is 4.55. The van der Waals surface area contributed by atoms with E-state index in [4.69, 9.17) is 0 Å². The van der Waals surface area contributed by atoms with Crippen LogP contribution in [0.1, 0.15) is 36.6 Å². The van der Waals surface area contributed by atoms with E-state index in [2.05, 4.69) is 57.6 Å². The van der Waals surface area contributed by atoms with Gasteiger partial charge in [-0.25, -0.2) is 0 Å². The lowest BCUT2D eigenvalue weighted by Gasteiger charge is -2.07. The van der Waals surface area contributed by atoms with Crippen molar-refractivity contribution in [3.8, 4) is 0 Å². The van der Waals surface area contributed by atoms with Crippen molar-refractivity contribution in [2.45, 2.75) is 47.2 Å². The zero-order valence-electron chi connectivity index (χ0n) is 11.4. The Hall–Kier alpha value is -1.10. The number of halogens is 1. The fraction of sp³-hybridized carbons (Fsp3) is 0.538. The van der Waals surface area contributed by atoms with Crippen LogP contribution in [0.3, 0.4) is 0 Å². The molecule has 2 aromatic rings. The second-order valence-corrected chi connectivity index (χ2v) is 5.25. The molecule has 0 N–H and O–H groups in total. The Labute approximate surface area is 116 Å². The fourth-order valence-electron chi connectivity index (χ4n) is 2.15. The van der Waals surface area contributed by atoms with Crippen LogP contribution in [0, 0.1) is 13.8 Å². The van der Waals surface area contributed by atoms with Gasteiger partial charge >= 0.3 is 0 Å². The highest BCUT2D eigenvalue weighted by molar-refractivity contribution is 9.10. The Kier molecular flexibility index (Phi) is 3.90. The molecule has 18 heavy (non-hydrogen) atoms. The van der Waals surface area contributed by atoms with Gasteiger partial charge in [-0.05, 0) is 49.2 Å². The van der Waals surface area contributed by atoms with Gasteiger partial charge in [0.1, 0.15) is 0 Å². The summed E-state index contributed by atoms with van der Waals surface area (Å²) in [7, 11) is 0. The lowest BCUT2D eigenvalue weighted by molar-refractivity contribution is 0.564. The van der Waals surface area contributed by atoms with Gasteiger partial charge < -0.3 is 0 Å². The maximum Gasteiger partial charge on any atom is 0.0842 e. The van der Waals surface area contributed by atoms with Crippen molar-refractivity contribution in [1.29, 1.82) is 0 Å². The second kappa shape index (κ2) is 5.26. The summed E-state index contributed by atoms with van der Waals surface area (Å²) in [6.07, 6.45) is 0.942. The zero-order valence-corrected chi connectivity index (χ0v) is 13.0. The molecule has 5 heteroatoms. The predicted octanol–water partition coefficient (Wildman–Crippen LogP) is 3.09. The molecule has 0 unspecified atom stereocenters. The van der Waals surface area contributed by atoms with Crippen LogP contribution >= 0.6 is 15.9 Å². The Balaban J connectivity index is 2.39. The van der Waals surface area contributed by atoms with Crippen LogP contribution in [0.25, 0.3) is 0 Å². The minimum atomic E-state index is 0.765. The third kappa shape index (κ3) is 2.36. The van der Waals surface area contributed by atoms with E-state index in [-0.39, 0.29) is 0 Å². The number of nitrogens with zero attached hydrogens (tertiary/aromatic N) is 4. The third-order valence-electron chi connectivity index (χ3n) is 3.10. The van der Waals surface area contributed by atoms with Gasteiger partial charge in [-0.2, -0.15) is 10.2 Å². The summed E-state index contributed by atoms with van der Waals surface area (Å²) in [6, 6.07) is 2.10. The molecule has 0 fully saturated rings. The van der Waals surface area contributed by atoms with Crippen molar-refractivity contribution in [3.05, 3.63) is 33.3 Å². The summed E-state index contributed by atoms with van der Waals surface area (Å²) in [4.78, 5) is 0. The molecular weight excluding hydrogens is 292 g/mol. The van der Waals surface area contributed by atoms with Crippen LogP contribution < -0.4 is 0 Å². The van der Waals surface area contributed by atoms with Gasteiger partial charge in [0.05, 0.1) is 28.1 Å². The summed E-state index contributed by atoms with van der Waals surface area (Å²) >= 11 is 3.67. The number of hydrogen-bond donors (Lipinski definition) is 0. The minimum absolute atomic E-state index is 0.765. The quantitative estimate of drug-likeness (QED) is 0.870. The van der Waals surface area contributed by atoms with E-state index in [1.54, 1.807) is 0 Å². The molecule has 0 spiro atoms. The van der Waals surface area contributed by atoms with Crippen molar-refractivity contribution >= 4 is 15.9 Å². The summed E-state index contributed by atoms with van der Waals surface area (Å²) in [5.74, 6) is 0. The Morgan fingerprint density at radius 1 is 1.17 bits per heavy atom. The first-order valence-corrected chi connectivity index (χ1v) is 7.11. The van der Waals surface area contributed by atoms with Crippen molar-refractivity contribution < 1.29 is 0 Å². The van der Waals surface area contributed by atoms with Gasteiger partial charge in [0.2, 0.25) is 0 Å². The predicted molar refractivity (Wildman–Crippen MR) is 75.8 cm³/mol. The van der Waals surface area contributed by atoms with Crippen LogP contribution in [0.4, 0.5) is 0 Å². The highest BCUT2D eigenvalue weighted by atomic mass is 79.9. The van der Waals surface area contributed by atoms with Crippen LogP contribution in [0.2, 0.25) is 0 Å². The molecule has 0 bridgehead atoms. The van der Waals surface area contributed by atoms with Gasteiger partial charge in [-0.3, -0.25) is 9.36 Å². The first kappa shape index (κ1) is 13.3. The average molecular weight is 311 g/mol. The van der Waals surface area contributed by atoms with E-state index in [1.807, 2.05) is 11.6 Å². The van der Waals surface area contributed by atoms with E-state index >= 15 is 0 Å². The van der Waals surface area contributed by atoms with Crippen molar-refractivity contribution in [3.63, 3.8) is 0 Å². The zero-order chi connectivity index (χ0) is 13.3. The molecule has 0 aromatic carbocycles. The molecular formula is C13H19BrN4. The summed E-state index contributed by atoms with van der Waals surface area (Å²) in [5, 5.41) is 9.12. The van der Waals surface area contributed by atoms with Gasteiger partial charge in [0, 0.05) is 12.2 Å². The van der Waals surface area contributed by atoms with E-state index in [0.717, 1.165) is 35.4 Å². The third-order valence-corrected chi connectivity index (χ3v) is 4.01. The van der Waals surface area contributed by atoms with Gasteiger partial charge in [0.15, 0.2) is 0 Å². The first-order valence-electron chi connectivity index (χ1n) is 6.31. The molecule has 0 aliphatic rings. The average Bonchev–Trinajstić information content (AvgIpc) is 2.81. The monoisotopic (exact) mass is 310 g/mol. The molecule has 0 aliphatic carbocycles. The topological polar surface area (TPSA) is 35.6 Å². The minimum Gasteiger partial charge on any atom is -0.267 e. The fourth-order valence-corrected chi connectivity index (χ4v) is 2.83. The van der Waals surface area contributed by atoms with Crippen LogP contribution in [0.5, 0.6) is 0 Å². The highest BCUT2D eigenvalue weighted by Gasteiger charge is 2.15. The maximum atomic E-state index is 4.61.